The van der Waals surface area contributed by atoms with Crippen LogP contribution in [-0.4, -0.2) is 15.8 Å². The molecular weight excluding hydrogens is 274 g/mol. The van der Waals surface area contributed by atoms with Crippen molar-refractivity contribution >= 4 is 23.1 Å². The molecule has 0 saturated carbocycles. The zero-order valence-corrected chi connectivity index (χ0v) is 11.2. The molecule has 1 aromatic heterocycles. The van der Waals surface area contributed by atoms with E-state index in [9.17, 15) is 14.9 Å². The predicted molar refractivity (Wildman–Crippen MR) is 77.8 cm³/mol. The SMILES string of the molecule is Cc1cc([N+](=O)[O-])ccc1NC(=O)c1ccnc(NN)c1. The van der Waals surface area contributed by atoms with Crippen molar-refractivity contribution in [2.24, 2.45) is 5.84 Å². The lowest BCUT2D eigenvalue weighted by Gasteiger charge is -2.09. The number of aromatic nitrogens is 1. The van der Waals surface area contributed by atoms with Gasteiger partial charge in [-0.15, -0.1) is 0 Å². The quantitative estimate of drug-likeness (QED) is 0.448. The number of benzene rings is 1. The van der Waals surface area contributed by atoms with E-state index >= 15 is 0 Å². The number of amides is 1. The van der Waals surface area contributed by atoms with Crippen molar-refractivity contribution in [2.45, 2.75) is 6.92 Å². The number of nitrogens with one attached hydrogen (secondary N) is 2. The average Bonchev–Trinajstić information content (AvgIpc) is 2.49. The van der Waals surface area contributed by atoms with Crippen LogP contribution in [0.15, 0.2) is 36.5 Å². The highest BCUT2D eigenvalue weighted by atomic mass is 16.6. The Balaban J connectivity index is 2.21. The van der Waals surface area contributed by atoms with E-state index in [0.717, 1.165) is 0 Å². The fraction of sp³-hybridized carbons (Fsp3) is 0.0769. The third kappa shape index (κ3) is 3.31. The van der Waals surface area contributed by atoms with Gasteiger partial charge in [-0.1, -0.05) is 0 Å². The molecule has 0 bridgehead atoms. The molecule has 0 unspecified atom stereocenters. The number of nitrogens with zero attached hydrogens (tertiary/aromatic N) is 2. The molecule has 8 nitrogen and oxygen atoms in total. The van der Waals surface area contributed by atoms with Gasteiger partial charge in [-0.05, 0) is 30.7 Å². The number of nitro groups is 1. The lowest BCUT2D eigenvalue weighted by molar-refractivity contribution is -0.384. The van der Waals surface area contributed by atoms with Gasteiger partial charge in [-0.3, -0.25) is 14.9 Å². The zero-order valence-electron chi connectivity index (χ0n) is 11.2. The number of nitro benzene ring substituents is 1. The lowest BCUT2D eigenvalue weighted by atomic mass is 10.1. The van der Waals surface area contributed by atoms with Crippen LogP contribution in [-0.2, 0) is 0 Å². The molecule has 21 heavy (non-hydrogen) atoms. The second-order valence-electron chi connectivity index (χ2n) is 4.28. The van der Waals surface area contributed by atoms with Gasteiger partial charge in [-0.25, -0.2) is 10.8 Å². The van der Waals surface area contributed by atoms with Crippen LogP contribution >= 0.6 is 0 Å². The number of hydrogen-bond acceptors (Lipinski definition) is 6. The number of aryl methyl sites for hydroxylation is 1. The number of hydrazine groups is 1. The Labute approximate surface area is 120 Å². The molecule has 0 spiro atoms. The summed E-state index contributed by atoms with van der Waals surface area (Å²) in [5, 5.41) is 13.4. The lowest BCUT2D eigenvalue weighted by Crippen LogP contribution is -2.15. The predicted octanol–water partition coefficient (Wildman–Crippen LogP) is 1.84. The Morgan fingerprint density at radius 3 is 2.71 bits per heavy atom. The fourth-order valence-corrected chi connectivity index (χ4v) is 1.75. The molecule has 1 aromatic carbocycles. The van der Waals surface area contributed by atoms with E-state index in [0.29, 0.717) is 22.6 Å². The van der Waals surface area contributed by atoms with E-state index in [4.69, 9.17) is 5.84 Å². The monoisotopic (exact) mass is 287 g/mol. The maximum Gasteiger partial charge on any atom is 0.269 e. The molecular formula is C13H13N5O3. The summed E-state index contributed by atoms with van der Waals surface area (Å²) in [6, 6.07) is 7.26. The standard InChI is InChI=1S/C13H13N5O3/c1-8-6-10(18(20)21)2-3-11(8)16-13(19)9-4-5-15-12(7-9)17-14/h2-7H,14H2,1H3,(H,15,17)(H,16,19). The number of carbonyl (C=O) groups is 1. The number of anilines is 2. The Morgan fingerprint density at radius 2 is 2.10 bits per heavy atom. The minimum atomic E-state index is -0.485. The summed E-state index contributed by atoms with van der Waals surface area (Å²) in [7, 11) is 0. The molecule has 1 amide bonds. The topological polar surface area (TPSA) is 123 Å². The normalized spacial score (nSPS) is 10.0. The second-order valence-corrected chi connectivity index (χ2v) is 4.28. The number of carbonyl (C=O) groups excluding carboxylic acids is 1. The van der Waals surface area contributed by atoms with Crippen LogP contribution in [0.4, 0.5) is 17.2 Å². The largest absolute Gasteiger partial charge is 0.322 e. The summed E-state index contributed by atoms with van der Waals surface area (Å²) in [5.74, 6) is 5.24. The van der Waals surface area contributed by atoms with Crippen molar-refractivity contribution in [1.29, 1.82) is 0 Å². The molecule has 0 radical (unpaired) electrons. The molecule has 108 valence electrons. The number of nitrogen functional groups attached to an aromatic ring is 1. The Kier molecular flexibility index (Phi) is 4.10. The third-order valence-corrected chi connectivity index (χ3v) is 2.84. The highest BCUT2D eigenvalue weighted by Crippen LogP contribution is 2.21. The third-order valence-electron chi connectivity index (χ3n) is 2.84. The minimum absolute atomic E-state index is 0.0240. The molecule has 0 aliphatic carbocycles. The summed E-state index contributed by atoms with van der Waals surface area (Å²) in [5.41, 5.74) is 3.80. The Hall–Kier alpha value is -3.00. The molecule has 0 fully saturated rings. The summed E-state index contributed by atoms with van der Waals surface area (Å²) in [6.07, 6.45) is 1.45. The summed E-state index contributed by atoms with van der Waals surface area (Å²) < 4.78 is 0. The zero-order chi connectivity index (χ0) is 15.4. The Bertz CT molecular complexity index is 702. The molecule has 2 rings (SSSR count). The van der Waals surface area contributed by atoms with Crippen molar-refractivity contribution in [3.63, 3.8) is 0 Å². The number of rotatable bonds is 4. The van der Waals surface area contributed by atoms with E-state index < -0.39 is 4.92 Å². The van der Waals surface area contributed by atoms with E-state index in [1.165, 1.54) is 36.5 Å². The van der Waals surface area contributed by atoms with Gasteiger partial charge in [0, 0.05) is 29.6 Å². The number of nitrogens with two attached hydrogens (primary N) is 1. The van der Waals surface area contributed by atoms with Crippen molar-refractivity contribution in [1.82, 2.24) is 4.98 Å². The first-order valence-electron chi connectivity index (χ1n) is 6.00. The van der Waals surface area contributed by atoms with Gasteiger partial charge < -0.3 is 10.7 Å². The van der Waals surface area contributed by atoms with Crippen LogP contribution < -0.4 is 16.6 Å². The number of hydrogen-bond donors (Lipinski definition) is 3. The average molecular weight is 287 g/mol. The molecule has 0 aliphatic heterocycles. The molecule has 2 aromatic rings. The van der Waals surface area contributed by atoms with Gasteiger partial charge in [0.05, 0.1) is 4.92 Å². The van der Waals surface area contributed by atoms with Crippen molar-refractivity contribution in [3.8, 4) is 0 Å². The van der Waals surface area contributed by atoms with Gasteiger partial charge in [0.2, 0.25) is 0 Å². The van der Waals surface area contributed by atoms with E-state index in [1.807, 2.05) is 0 Å². The van der Waals surface area contributed by atoms with Crippen molar-refractivity contribution in [3.05, 3.63) is 57.8 Å². The maximum absolute atomic E-state index is 12.1. The first-order chi connectivity index (χ1) is 10.0. The fourth-order valence-electron chi connectivity index (χ4n) is 1.75. The van der Waals surface area contributed by atoms with Crippen LogP contribution in [0.1, 0.15) is 15.9 Å². The van der Waals surface area contributed by atoms with Crippen LogP contribution in [0.25, 0.3) is 0 Å². The summed E-state index contributed by atoms with van der Waals surface area (Å²) in [6.45, 7) is 1.68. The van der Waals surface area contributed by atoms with E-state index in [1.54, 1.807) is 6.92 Å². The van der Waals surface area contributed by atoms with Gasteiger partial charge in [0.15, 0.2) is 0 Å². The molecule has 0 saturated heterocycles. The van der Waals surface area contributed by atoms with Gasteiger partial charge >= 0.3 is 0 Å². The molecule has 0 aliphatic rings. The number of non-ortho nitro benzene ring substituents is 1. The summed E-state index contributed by atoms with van der Waals surface area (Å²) in [4.78, 5) is 26.2. The smallest absolute Gasteiger partial charge is 0.269 e. The van der Waals surface area contributed by atoms with E-state index in [2.05, 4.69) is 15.7 Å². The van der Waals surface area contributed by atoms with Gasteiger partial charge in [0.1, 0.15) is 5.82 Å². The highest BCUT2D eigenvalue weighted by Gasteiger charge is 2.12. The first-order valence-corrected chi connectivity index (χ1v) is 6.00. The van der Waals surface area contributed by atoms with Crippen LogP contribution in [0, 0.1) is 17.0 Å². The molecule has 8 heteroatoms. The first kappa shape index (κ1) is 14.4. The molecule has 0 atom stereocenters. The van der Waals surface area contributed by atoms with Crippen LogP contribution in [0.2, 0.25) is 0 Å². The minimum Gasteiger partial charge on any atom is -0.322 e. The number of pyridine rings is 1. The summed E-state index contributed by atoms with van der Waals surface area (Å²) >= 11 is 0. The van der Waals surface area contributed by atoms with E-state index in [-0.39, 0.29) is 11.6 Å². The van der Waals surface area contributed by atoms with Crippen LogP contribution in [0.3, 0.4) is 0 Å². The van der Waals surface area contributed by atoms with Crippen molar-refractivity contribution in [2.75, 3.05) is 10.7 Å². The second kappa shape index (κ2) is 5.97. The Morgan fingerprint density at radius 1 is 1.33 bits per heavy atom. The molecule has 4 N–H and O–H groups in total. The molecule has 1 heterocycles. The van der Waals surface area contributed by atoms with Crippen LogP contribution in [0.5, 0.6) is 0 Å². The van der Waals surface area contributed by atoms with Gasteiger partial charge in [-0.2, -0.15) is 0 Å². The van der Waals surface area contributed by atoms with Gasteiger partial charge in [0.25, 0.3) is 11.6 Å². The highest BCUT2D eigenvalue weighted by molar-refractivity contribution is 6.05. The maximum atomic E-state index is 12.1. The van der Waals surface area contributed by atoms with Crippen molar-refractivity contribution < 1.29 is 9.72 Å².